The minimum absolute atomic E-state index is 0.799. The number of hydrogen-bond donors (Lipinski definition) is 0. The average molecular weight is 388 g/mol. The predicted octanol–water partition coefficient (Wildman–Crippen LogP) is 3.89. The molecule has 1 aromatic carbocycles. The van der Waals surface area contributed by atoms with Gasteiger partial charge in [-0.05, 0) is 25.0 Å². The SMILES string of the molecule is COc1ccc(-c2nc(CN3CCN(C4CCCC4)CC3)cs2)c(OC)c1. The fraction of sp³-hybridized carbons (Fsp3) is 0.571. The van der Waals surface area contributed by atoms with E-state index in [2.05, 4.69) is 15.2 Å². The highest BCUT2D eigenvalue weighted by Gasteiger charge is 2.26. The Bertz CT molecular complexity index is 750. The first-order valence-electron chi connectivity index (χ1n) is 9.90. The smallest absolute Gasteiger partial charge is 0.132 e. The molecule has 1 aromatic heterocycles. The van der Waals surface area contributed by atoms with Crippen LogP contribution in [-0.4, -0.2) is 61.2 Å². The number of rotatable bonds is 6. The van der Waals surface area contributed by atoms with Gasteiger partial charge < -0.3 is 9.47 Å². The van der Waals surface area contributed by atoms with E-state index in [4.69, 9.17) is 14.5 Å². The van der Waals surface area contributed by atoms with Crippen LogP contribution in [0.4, 0.5) is 0 Å². The summed E-state index contributed by atoms with van der Waals surface area (Å²) in [5.74, 6) is 1.60. The lowest BCUT2D eigenvalue weighted by molar-refractivity contribution is 0.0931. The van der Waals surface area contributed by atoms with Crippen molar-refractivity contribution in [3.63, 3.8) is 0 Å². The average Bonchev–Trinajstić information content (AvgIpc) is 3.40. The molecule has 0 bridgehead atoms. The predicted molar refractivity (Wildman–Crippen MR) is 110 cm³/mol. The van der Waals surface area contributed by atoms with E-state index in [0.29, 0.717) is 0 Å². The maximum Gasteiger partial charge on any atom is 0.132 e. The molecule has 6 heteroatoms. The lowest BCUT2D eigenvalue weighted by Crippen LogP contribution is -2.49. The number of methoxy groups -OCH3 is 2. The fourth-order valence-corrected chi connectivity index (χ4v) is 5.10. The molecule has 0 amide bonds. The molecule has 1 saturated carbocycles. The van der Waals surface area contributed by atoms with E-state index in [-0.39, 0.29) is 0 Å². The molecule has 1 aliphatic carbocycles. The Morgan fingerprint density at radius 3 is 2.56 bits per heavy atom. The normalized spacial score (nSPS) is 19.5. The molecule has 0 atom stereocenters. The van der Waals surface area contributed by atoms with E-state index in [0.717, 1.165) is 53.4 Å². The Balaban J connectivity index is 1.37. The summed E-state index contributed by atoms with van der Waals surface area (Å²) < 4.78 is 10.8. The summed E-state index contributed by atoms with van der Waals surface area (Å²) in [5, 5.41) is 3.19. The molecule has 2 fully saturated rings. The van der Waals surface area contributed by atoms with Crippen LogP contribution >= 0.6 is 11.3 Å². The first-order valence-corrected chi connectivity index (χ1v) is 10.8. The van der Waals surface area contributed by atoms with Gasteiger partial charge in [0.1, 0.15) is 16.5 Å². The van der Waals surface area contributed by atoms with Crippen LogP contribution in [-0.2, 0) is 6.54 Å². The van der Waals surface area contributed by atoms with Crippen molar-refractivity contribution >= 4 is 11.3 Å². The maximum atomic E-state index is 5.53. The van der Waals surface area contributed by atoms with E-state index < -0.39 is 0 Å². The van der Waals surface area contributed by atoms with Gasteiger partial charge in [0.25, 0.3) is 0 Å². The quantitative estimate of drug-likeness (QED) is 0.752. The molecule has 2 heterocycles. The number of ether oxygens (including phenoxy) is 2. The largest absolute Gasteiger partial charge is 0.497 e. The zero-order valence-corrected chi connectivity index (χ0v) is 17.1. The summed E-state index contributed by atoms with van der Waals surface area (Å²) in [6, 6.07) is 6.75. The summed E-state index contributed by atoms with van der Waals surface area (Å²) in [5.41, 5.74) is 2.18. The van der Waals surface area contributed by atoms with Gasteiger partial charge >= 0.3 is 0 Å². The second kappa shape index (κ2) is 8.59. The molecule has 4 rings (SSSR count). The van der Waals surface area contributed by atoms with Crippen LogP contribution < -0.4 is 9.47 Å². The van der Waals surface area contributed by atoms with Gasteiger partial charge in [-0.3, -0.25) is 9.80 Å². The van der Waals surface area contributed by atoms with Gasteiger partial charge in [-0.25, -0.2) is 4.98 Å². The van der Waals surface area contributed by atoms with Crippen molar-refractivity contribution in [3.05, 3.63) is 29.3 Å². The van der Waals surface area contributed by atoms with Crippen LogP contribution in [0.1, 0.15) is 31.4 Å². The Labute approximate surface area is 165 Å². The van der Waals surface area contributed by atoms with Crippen molar-refractivity contribution in [3.8, 4) is 22.1 Å². The van der Waals surface area contributed by atoms with Gasteiger partial charge in [0, 0.05) is 50.2 Å². The minimum Gasteiger partial charge on any atom is -0.497 e. The lowest BCUT2D eigenvalue weighted by Gasteiger charge is -2.37. The van der Waals surface area contributed by atoms with E-state index in [9.17, 15) is 0 Å². The van der Waals surface area contributed by atoms with Crippen LogP contribution in [0.5, 0.6) is 11.5 Å². The van der Waals surface area contributed by atoms with Gasteiger partial charge in [-0.15, -0.1) is 11.3 Å². The Morgan fingerprint density at radius 1 is 1.07 bits per heavy atom. The highest BCUT2D eigenvalue weighted by molar-refractivity contribution is 7.13. The molecule has 1 aliphatic heterocycles. The fourth-order valence-electron chi connectivity index (χ4n) is 4.26. The van der Waals surface area contributed by atoms with Crippen LogP contribution in [0.25, 0.3) is 10.6 Å². The highest BCUT2D eigenvalue weighted by Crippen LogP contribution is 2.35. The second-order valence-corrected chi connectivity index (χ2v) is 8.32. The monoisotopic (exact) mass is 387 g/mol. The molecule has 1 saturated heterocycles. The van der Waals surface area contributed by atoms with E-state index in [1.165, 1.54) is 38.8 Å². The molecule has 0 unspecified atom stereocenters. The number of piperazine rings is 1. The van der Waals surface area contributed by atoms with Gasteiger partial charge in [0.2, 0.25) is 0 Å². The first kappa shape index (κ1) is 18.7. The summed E-state index contributed by atoms with van der Waals surface area (Å²) >= 11 is 1.69. The molecule has 2 aromatic rings. The third-order valence-corrected chi connectivity index (χ3v) is 6.75. The minimum atomic E-state index is 0.799. The number of aromatic nitrogens is 1. The van der Waals surface area contributed by atoms with Crippen LogP contribution in [0, 0.1) is 0 Å². The molecular weight excluding hydrogens is 358 g/mol. The van der Waals surface area contributed by atoms with Crippen molar-refractivity contribution in [2.45, 2.75) is 38.3 Å². The molecule has 2 aliphatic rings. The van der Waals surface area contributed by atoms with Crippen molar-refractivity contribution in [1.29, 1.82) is 0 Å². The molecule has 146 valence electrons. The van der Waals surface area contributed by atoms with E-state index >= 15 is 0 Å². The van der Waals surface area contributed by atoms with Gasteiger partial charge in [0.15, 0.2) is 0 Å². The Kier molecular flexibility index (Phi) is 5.95. The summed E-state index contributed by atoms with van der Waals surface area (Å²) in [4.78, 5) is 10.1. The van der Waals surface area contributed by atoms with E-state index in [1.807, 2.05) is 18.2 Å². The molecule has 27 heavy (non-hydrogen) atoms. The summed E-state index contributed by atoms with van der Waals surface area (Å²) in [6.07, 6.45) is 5.64. The number of nitrogens with zero attached hydrogens (tertiary/aromatic N) is 3. The molecule has 0 spiro atoms. The molecule has 5 nitrogen and oxygen atoms in total. The van der Waals surface area contributed by atoms with Crippen molar-refractivity contribution in [2.24, 2.45) is 0 Å². The van der Waals surface area contributed by atoms with Gasteiger partial charge in [-0.1, -0.05) is 12.8 Å². The third kappa shape index (κ3) is 4.28. The van der Waals surface area contributed by atoms with Crippen molar-refractivity contribution in [1.82, 2.24) is 14.8 Å². The van der Waals surface area contributed by atoms with E-state index in [1.54, 1.807) is 25.6 Å². The Hall–Kier alpha value is -1.63. The number of thiazole rings is 1. The molecule has 0 radical (unpaired) electrons. The van der Waals surface area contributed by atoms with Crippen molar-refractivity contribution in [2.75, 3.05) is 40.4 Å². The zero-order chi connectivity index (χ0) is 18.6. The lowest BCUT2D eigenvalue weighted by atomic mass is 10.2. The number of hydrogen-bond acceptors (Lipinski definition) is 6. The van der Waals surface area contributed by atoms with Crippen LogP contribution in [0.3, 0.4) is 0 Å². The topological polar surface area (TPSA) is 37.8 Å². The summed E-state index contributed by atoms with van der Waals surface area (Å²) in [6.45, 7) is 5.64. The van der Waals surface area contributed by atoms with Crippen LogP contribution in [0.15, 0.2) is 23.6 Å². The third-order valence-electron chi connectivity index (χ3n) is 5.82. The van der Waals surface area contributed by atoms with Gasteiger partial charge in [0.05, 0.1) is 25.5 Å². The summed E-state index contributed by atoms with van der Waals surface area (Å²) in [7, 11) is 3.36. The second-order valence-electron chi connectivity index (χ2n) is 7.46. The maximum absolute atomic E-state index is 5.53. The zero-order valence-electron chi connectivity index (χ0n) is 16.3. The Morgan fingerprint density at radius 2 is 1.85 bits per heavy atom. The standard InChI is InChI=1S/C21H29N3O2S/c1-25-18-7-8-19(20(13-18)26-2)21-22-16(15-27-21)14-23-9-11-24(12-10-23)17-5-3-4-6-17/h7-8,13,15,17H,3-6,9-12,14H2,1-2H3. The highest BCUT2D eigenvalue weighted by atomic mass is 32.1. The van der Waals surface area contributed by atoms with Gasteiger partial charge in [-0.2, -0.15) is 0 Å². The molecule has 0 N–H and O–H groups in total. The molecular formula is C21H29N3O2S. The van der Waals surface area contributed by atoms with Crippen LogP contribution in [0.2, 0.25) is 0 Å². The van der Waals surface area contributed by atoms with Crippen molar-refractivity contribution < 1.29 is 9.47 Å². The first-order chi connectivity index (χ1) is 13.3. The number of benzene rings is 1.